The van der Waals surface area contributed by atoms with Crippen molar-refractivity contribution in [2.75, 3.05) is 18.5 Å². The molecule has 1 aliphatic heterocycles. The second-order valence-electron chi connectivity index (χ2n) is 8.61. The summed E-state index contributed by atoms with van der Waals surface area (Å²) in [5.41, 5.74) is 1.88. The summed E-state index contributed by atoms with van der Waals surface area (Å²) in [5, 5.41) is 50.3. The summed E-state index contributed by atoms with van der Waals surface area (Å²) < 4.78 is 5.30. The van der Waals surface area contributed by atoms with Gasteiger partial charge in [0.15, 0.2) is 0 Å². The number of anilines is 1. The van der Waals surface area contributed by atoms with Gasteiger partial charge in [0.05, 0.1) is 18.5 Å². The maximum absolute atomic E-state index is 10.0. The molecule has 0 unspecified atom stereocenters. The number of nitrogens with one attached hydrogen (secondary N) is 1. The third-order valence-corrected chi connectivity index (χ3v) is 6.19. The highest BCUT2D eigenvalue weighted by molar-refractivity contribution is 7.80. The molecule has 1 aromatic carbocycles. The molecule has 5 N–H and O–H groups in total. The van der Waals surface area contributed by atoms with Crippen LogP contribution in [-0.2, 0) is 11.2 Å². The SMILES string of the molecule is OC[C@H]1O[C@@H](On2cc(CCCCCCCCCNc3ccc(S)cc3)nn2)[C@@H](O)[C@@H](O)[C@@H]1O. The van der Waals surface area contributed by atoms with Crippen LogP contribution in [0.5, 0.6) is 0 Å². The van der Waals surface area contributed by atoms with Crippen LogP contribution in [-0.4, -0.2) is 79.4 Å². The van der Waals surface area contributed by atoms with Crippen molar-refractivity contribution in [3.8, 4) is 0 Å². The molecule has 0 radical (unpaired) electrons. The molecule has 5 atom stereocenters. The zero-order valence-electron chi connectivity index (χ0n) is 19.2. The molecule has 0 aliphatic carbocycles. The lowest BCUT2D eigenvalue weighted by Crippen LogP contribution is -2.61. The maximum atomic E-state index is 10.0. The minimum atomic E-state index is -1.50. The van der Waals surface area contributed by atoms with Crippen LogP contribution < -0.4 is 10.2 Å². The zero-order valence-corrected chi connectivity index (χ0v) is 20.1. The largest absolute Gasteiger partial charge is 0.394 e. The predicted molar refractivity (Wildman–Crippen MR) is 129 cm³/mol. The van der Waals surface area contributed by atoms with Crippen molar-refractivity contribution in [2.45, 2.75) is 87.0 Å². The molecule has 190 valence electrons. The molecular weight excluding hydrogens is 460 g/mol. The molecule has 3 rings (SSSR count). The van der Waals surface area contributed by atoms with E-state index in [4.69, 9.17) is 9.57 Å². The van der Waals surface area contributed by atoms with E-state index < -0.39 is 37.3 Å². The molecule has 0 amide bonds. The molecule has 0 spiro atoms. The van der Waals surface area contributed by atoms with Crippen LogP contribution in [0.3, 0.4) is 0 Å². The van der Waals surface area contributed by atoms with Crippen LogP contribution in [0.25, 0.3) is 0 Å². The molecule has 1 aliphatic rings. The van der Waals surface area contributed by atoms with Gasteiger partial charge >= 0.3 is 0 Å². The van der Waals surface area contributed by atoms with Crippen molar-refractivity contribution in [3.05, 3.63) is 36.2 Å². The lowest BCUT2D eigenvalue weighted by molar-refractivity contribution is -0.303. The molecule has 1 saturated heterocycles. The molecule has 0 bridgehead atoms. The molecular formula is C23H36N4O6S. The Hall–Kier alpha value is -1.89. The first-order valence-electron chi connectivity index (χ1n) is 11.9. The third-order valence-electron chi connectivity index (χ3n) is 5.89. The van der Waals surface area contributed by atoms with Crippen molar-refractivity contribution >= 4 is 18.3 Å². The Morgan fingerprint density at radius 2 is 1.62 bits per heavy atom. The number of thiol groups is 1. The topological polar surface area (TPSA) is 142 Å². The van der Waals surface area contributed by atoms with Gasteiger partial charge in [0.2, 0.25) is 0 Å². The van der Waals surface area contributed by atoms with Gasteiger partial charge in [-0.05, 0) is 48.7 Å². The lowest BCUT2D eigenvalue weighted by Gasteiger charge is -2.38. The van der Waals surface area contributed by atoms with E-state index in [1.807, 2.05) is 24.3 Å². The second kappa shape index (κ2) is 13.9. The van der Waals surface area contributed by atoms with Gasteiger partial charge in [0, 0.05) is 17.1 Å². The maximum Gasteiger partial charge on any atom is 0.256 e. The summed E-state index contributed by atoms with van der Waals surface area (Å²) in [6.45, 7) is 0.460. The number of unbranched alkanes of at least 4 members (excludes halogenated alkanes) is 6. The fourth-order valence-electron chi connectivity index (χ4n) is 3.83. The van der Waals surface area contributed by atoms with Gasteiger partial charge in [-0.3, -0.25) is 0 Å². The number of hydrogen-bond donors (Lipinski definition) is 6. The first kappa shape index (κ1) is 26.7. The van der Waals surface area contributed by atoms with E-state index in [1.54, 1.807) is 6.20 Å². The molecule has 2 aromatic rings. The quantitative estimate of drug-likeness (QED) is 0.168. The van der Waals surface area contributed by atoms with E-state index in [0.29, 0.717) is 0 Å². The van der Waals surface area contributed by atoms with E-state index in [-0.39, 0.29) is 0 Å². The number of rotatable bonds is 14. The lowest BCUT2D eigenvalue weighted by atomic mass is 9.99. The van der Waals surface area contributed by atoms with Crippen molar-refractivity contribution in [2.24, 2.45) is 0 Å². The van der Waals surface area contributed by atoms with Crippen LogP contribution >= 0.6 is 12.6 Å². The number of nitrogens with zero attached hydrogens (tertiary/aromatic N) is 3. The predicted octanol–water partition coefficient (Wildman–Crippen LogP) is 1.18. The molecule has 2 heterocycles. The molecule has 34 heavy (non-hydrogen) atoms. The van der Waals surface area contributed by atoms with Gasteiger partial charge in [-0.15, -0.1) is 17.7 Å². The molecule has 10 nitrogen and oxygen atoms in total. The number of ether oxygens (including phenoxy) is 1. The monoisotopic (exact) mass is 496 g/mol. The number of hydrogen-bond acceptors (Lipinski definition) is 10. The Labute approximate surface area is 205 Å². The van der Waals surface area contributed by atoms with Crippen LogP contribution in [0.4, 0.5) is 5.69 Å². The van der Waals surface area contributed by atoms with Crippen LogP contribution in [0, 0.1) is 0 Å². The Morgan fingerprint density at radius 1 is 0.941 bits per heavy atom. The first-order valence-corrected chi connectivity index (χ1v) is 12.3. The molecule has 0 saturated carbocycles. The summed E-state index contributed by atoms with van der Waals surface area (Å²) in [6.07, 6.45) is 3.68. The minimum Gasteiger partial charge on any atom is -0.394 e. The first-order chi connectivity index (χ1) is 16.5. The van der Waals surface area contributed by atoms with Crippen LogP contribution in [0.2, 0.25) is 0 Å². The third kappa shape index (κ3) is 8.10. The Bertz CT molecular complexity index is 837. The highest BCUT2D eigenvalue weighted by atomic mass is 32.1. The van der Waals surface area contributed by atoms with Gasteiger partial charge < -0.3 is 35.3 Å². The molecule has 1 fully saturated rings. The van der Waals surface area contributed by atoms with Crippen molar-refractivity contribution in [1.29, 1.82) is 0 Å². The number of aliphatic hydroxyl groups excluding tert-OH is 4. The number of aliphatic hydroxyl groups is 4. The van der Waals surface area contributed by atoms with E-state index >= 15 is 0 Å². The molecule has 11 heteroatoms. The van der Waals surface area contributed by atoms with Gasteiger partial charge in [-0.1, -0.05) is 36.9 Å². The fraction of sp³-hybridized carbons (Fsp3) is 0.652. The number of aryl methyl sites for hydroxylation is 1. The normalized spacial score (nSPS) is 24.8. The minimum absolute atomic E-state index is 0.518. The van der Waals surface area contributed by atoms with Crippen LogP contribution in [0.1, 0.15) is 50.6 Å². The summed E-state index contributed by atoms with van der Waals surface area (Å²) in [6, 6.07) is 8.06. The Kier molecular flexibility index (Phi) is 10.9. The summed E-state index contributed by atoms with van der Waals surface area (Å²) in [4.78, 5) is 7.45. The zero-order chi connectivity index (χ0) is 24.3. The van der Waals surface area contributed by atoms with Crippen molar-refractivity contribution in [3.63, 3.8) is 0 Å². The van der Waals surface area contributed by atoms with E-state index in [2.05, 4.69) is 28.3 Å². The van der Waals surface area contributed by atoms with Gasteiger partial charge in [0.1, 0.15) is 24.4 Å². The number of benzene rings is 1. The van der Waals surface area contributed by atoms with E-state index in [1.165, 1.54) is 25.7 Å². The van der Waals surface area contributed by atoms with E-state index in [0.717, 1.165) is 53.3 Å². The smallest absolute Gasteiger partial charge is 0.256 e. The molecule has 1 aromatic heterocycles. The van der Waals surface area contributed by atoms with E-state index in [9.17, 15) is 20.4 Å². The van der Waals surface area contributed by atoms with Crippen molar-refractivity contribution < 1.29 is 30.0 Å². The Balaban J connectivity index is 1.23. The second-order valence-corrected chi connectivity index (χ2v) is 9.13. The van der Waals surface area contributed by atoms with Gasteiger partial charge in [-0.2, -0.15) is 0 Å². The van der Waals surface area contributed by atoms with Gasteiger partial charge in [0.25, 0.3) is 6.29 Å². The summed E-state index contributed by atoms with van der Waals surface area (Å²) in [5.74, 6) is 0. The Morgan fingerprint density at radius 3 is 2.32 bits per heavy atom. The van der Waals surface area contributed by atoms with Gasteiger partial charge in [-0.25, -0.2) is 0 Å². The standard InChI is InChI=1S/C23H36N4O6S/c28-15-19-20(29)21(30)22(31)23(32-19)33-27-14-17(25-26-27)8-6-4-2-1-3-5-7-13-24-16-9-11-18(34)12-10-16/h9-12,14,19-24,28-31,34H,1-8,13,15H2/t19-,20-,21+,22+,23+/m1/s1. The summed E-state index contributed by atoms with van der Waals surface area (Å²) in [7, 11) is 0. The average molecular weight is 497 g/mol. The fourth-order valence-corrected chi connectivity index (χ4v) is 3.98. The average Bonchev–Trinajstić information content (AvgIpc) is 3.29. The number of aromatic nitrogens is 3. The van der Waals surface area contributed by atoms with Crippen LogP contribution in [0.15, 0.2) is 35.4 Å². The highest BCUT2D eigenvalue weighted by Gasteiger charge is 2.45. The van der Waals surface area contributed by atoms with Crippen molar-refractivity contribution in [1.82, 2.24) is 15.2 Å². The highest BCUT2D eigenvalue weighted by Crippen LogP contribution is 2.20. The summed E-state index contributed by atoms with van der Waals surface area (Å²) >= 11 is 4.29.